The van der Waals surface area contributed by atoms with Gasteiger partial charge in [0.05, 0.1) is 0 Å². The van der Waals surface area contributed by atoms with E-state index in [1.54, 1.807) is 0 Å². The molecule has 17 heavy (non-hydrogen) atoms. The van der Waals surface area contributed by atoms with Crippen LogP contribution in [0.15, 0.2) is 48.5 Å². The summed E-state index contributed by atoms with van der Waals surface area (Å²) >= 11 is 0. The Balaban J connectivity index is 2.42. The second-order valence-electron chi connectivity index (χ2n) is 3.86. The number of hydrogen-bond donors (Lipinski definition) is 1. The molecule has 0 aliphatic heterocycles. The van der Waals surface area contributed by atoms with Crippen LogP contribution in [0, 0.1) is 11.6 Å². The van der Waals surface area contributed by atoms with Gasteiger partial charge in [-0.15, -0.1) is 0 Å². The quantitative estimate of drug-likeness (QED) is 0.866. The second-order valence-corrected chi connectivity index (χ2v) is 3.86. The number of nitrogens with two attached hydrogens (primary N) is 1. The predicted octanol–water partition coefficient (Wildman–Crippen LogP) is 3.06. The van der Waals surface area contributed by atoms with Crippen molar-refractivity contribution in [2.75, 3.05) is 6.54 Å². The van der Waals surface area contributed by atoms with Gasteiger partial charge in [-0.2, -0.15) is 0 Å². The van der Waals surface area contributed by atoms with Crippen molar-refractivity contribution in [1.29, 1.82) is 0 Å². The zero-order valence-corrected chi connectivity index (χ0v) is 9.24. The van der Waals surface area contributed by atoms with Gasteiger partial charge in [-0.25, -0.2) is 8.78 Å². The minimum atomic E-state index is -0.574. The van der Waals surface area contributed by atoms with Gasteiger partial charge in [0.2, 0.25) is 0 Å². The van der Waals surface area contributed by atoms with Crippen LogP contribution >= 0.6 is 0 Å². The molecule has 1 nitrogen and oxygen atoms in total. The van der Waals surface area contributed by atoms with Crippen molar-refractivity contribution in [3.8, 4) is 0 Å². The Bertz CT molecular complexity index is 497. The van der Waals surface area contributed by atoms with E-state index in [-0.39, 0.29) is 12.5 Å². The minimum Gasteiger partial charge on any atom is -0.330 e. The van der Waals surface area contributed by atoms with Crippen LogP contribution in [0.3, 0.4) is 0 Å². The van der Waals surface area contributed by atoms with Crippen LogP contribution in [0.25, 0.3) is 0 Å². The van der Waals surface area contributed by atoms with E-state index in [9.17, 15) is 8.78 Å². The van der Waals surface area contributed by atoms with Crippen LogP contribution in [-0.4, -0.2) is 6.54 Å². The van der Waals surface area contributed by atoms with Gasteiger partial charge in [0, 0.05) is 18.5 Å². The molecule has 0 saturated carbocycles. The van der Waals surface area contributed by atoms with Crippen molar-refractivity contribution in [2.45, 2.75) is 5.92 Å². The highest BCUT2D eigenvalue weighted by Gasteiger charge is 2.16. The Morgan fingerprint density at radius 1 is 1.00 bits per heavy atom. The van der Waals surface area contributed by atoms with Gasteiger partial charge in [-0.3, -0.25) is 0 Å². The van der Waals surface area contributed by atoms with Gasteiger partial charge in [0.25, 0.3) is 0 Å². The molecule has 2 N–H and O–H groups in total. The Kier molecular flexibility index (Phi) is 3.49. The first-order chi connectivity index (χ1) is 8.22. The highest BCUT2D eigenvalue weighted by molar-refractivity contribution is 5.33. The molecule has 2 rings (SSSR count). The summed E-state index contributed by atoms with van der Waals surface area (Å²) in [6.45, 7) is 0.284. The lowest BCUT2D eigenvalue weighted by molar-refractivity contribution is 0.564. The van der Waals surface area contributed by atoms with Crippen LogP contribution in [0.4, 0.5) is 8.78 Å². The fraction of sp³-hybridized carbons (Fsp3) is 0.143. The van der Waals surface area contributed by atoms with Crippen molar-refractivity contribution in [1.82, 2.24) is 0 Å². The van der Waals surface area contributed by atoms with Crippen molar-refractivity contribution >= 4 is 0 Å². The summed E-state index contributed by atoms with van der Waals surface area (Å²) in [6, 6.07) is 13.0. The predicted molar refractivity (Wildman–Crippen MR) is 63.7 cm³/mol. The summed E-state index contributed by atoms with van der Waals surface area (Å²) in [5.41, 5.74) is 7.05. The van der Waals surface area contributed by atoms with Gasteiger partial charge in [-0.1, -0.05) is 36.4 Å². The average molecular weight is 233 g/mol. The molecule has 0 heterocycles. The summed E-state index contributed by atoms with van der Waals surface area (Å²) in [6.07, 6.45) is 0. The van der Waals surface area contributed by atoms with Crippen molar-refractivity contribution in [3.05, 3.63) is 71.3 Å². The summed E-state index contributed by atoms with van der Waals surface area (Å²) in [5.74, 6) is -1.36. The number of halogens is 2. The third kappa shape index (κ3) is 2.50. The van der Waals surface area contributed by atoms with E-state index >= 15 is 0 Å². The second kappa shape index (κ2) is 5.06. The molecule has 0 spiro atoms. The Morgan fingerprint density at radius 2 is 1.71 bits per heavy atom. The fourth-order valence-electron chi connectivity index (χ4n) is 1.91. The molecular weight excluding hydrogens is 220 g/mol. The molecule has 0 radical (unpaired) electrons. The molecule has 0 aliphatic carbocycles. The zero-order chi connectivity index (χ0) is 12.3. The number of hydrogen-bond acceptors (Lipinski definition) is 1. The zero-order valence-electron chi connectivity index (χ0n) is 9.24. The number of rotatable bonds is 3. The molecule has 0 aliphatic rings. The van der Waals surface area contributed by atoms with E-state index in [4.69, 9.17) is 5.73 Å². The molecule has 0 fully saturated rings. The standard InChI is InChI=1S/C14H13F2N/c15-11-6-7-12(14(16)8-11)13(9-17)10-4-2-1-3-5-10/h1-8,13H,9,17H2. The maximum absolute atomic E-state index is 13.7. The van der Waals surface area contributed by atoms with E-state index in [1.807, 2.05) is 30.3 Å². The molecule has 1 atom stereocenters. The highest BCUT2D eigenvalue weighted by atomic mass is 19.1. The average Bonchev–Trinajstić information content (AvgIpc) is 2.34. The summed E-state index contributed by atoms with van der Waals surface area (Å²) < 4.78 is 26.5. The van der Waals surface area contributed by atoms with Gasteiger partial charge in [0.15, 0.2) is 0 Å². The molecule has 2 aromatic carbocycles. The fourth-order valence-corrected chi connectivity index (χ4v) is 1.91. The Morgan fingerprint density at radius 3 is 2.29 bits per heavy atom. The minimum absolute atomic E-state index is 0.239. The third-order valence-electron chi connectivity index (χ3n) is 2.78. The topological polar surface area (TPSA) is 26.0 Å². The molecule has 3 heteroatoms. The molecule has 0 saturated heterocycles. The summed E-state index contributed by atoms with van der Waals surface area (Å²) in [4.78, 5) is 0. The van der Waals surface area contributed by atoms with Gasteiger partial charge in [0.1, 0.15) is 11.6 Å². The lowest BCUT2D eigenvalue weighted by atomic mass is 9.91. The van der Waals surface area contributed by atoms with Crippen molar-refractivity contribution in [3.63, 3.8) is 0 Å². The van der Waals surface area contributed by atoms with E-state index in [0.29, 0.717) is 5.56 Å². The molecule has 0 aromatic heterocycles. The summed E-state index contributed by atoms with van der Waals surface area (Å²) in [5, 5.41) is 0. The first-order valence-electron chi connectivity index (χ1n) is 5.42. The monoisotopic (exact) mass is 233 g/mol. The number of benzene rings is 2. The van der Waals surface area contributed by atoms with Crippen molar-refractivity contribution < 1.29 is 8.78 Å². The van der Waals surface area contributed by atoms with Crippen LogP contribution < -0.4 is 5.73 Å². The molecule has 2 aromatic rings. The van der Waals surface area contributed by atoms with Crippen LogP contribution in [-0.2, 0) is 0 Å². The molecular formula is C14H13F2N. The summed E-state index contributed by atoms with van der Waals surface area (Å²) in [7, 11) is 0. The first kappa shape index (κ1) is 11.7. The van der Waals surface area contributed by atoms with Gasteiger partial charge < -0.3 is 5.73 Å². The third-order valence-corrected chi connectivity index (χ3v) is 2.78. The van der Waals surface area contributed by atoms with E-state index in [2.05, 4.69) is 0 Å². The van der Waals surface area contributed by atoms with Gasteiger partial charge in [-0.05, 0) is 17.2 Å². The van der Waals surface area contributed by atoms with Crippen LogP contribution in [0.1, 0.15) is 17.0 Å². The van der Waals surface area contributed by atoms with E-state index in [0.717, 1.165) is 11.6 Å². The SMILES string of the molecule is NCC(c1ccccc1)c1ccc(F)cc1F. The van der Waals surface area contributed by atoms with Crippen molar-refractivity contribution in [2.24, 2.45) is 5.73 Å². The highest BCUT2D eigenvalue weighted by Crippen LogP contribution is 2.26. The first-order valence-corrected chi connectivity index (χ1v) is 5.42. The van der Waals surface area contributed by atoms with Crippen LogP contribution in [0.5, 0.6) is 0 Å². The lowest BCUT2D eigenvalue weighted by Crippen LogP contribution is -2.15. The van der Waals surface area contributed by atoms with E-state index < -0.39 is 11.6 Å². The molecule has 0 bridgehead atoms. The maximum Gasteiger partial charge on any atom is 0.129 e. The largest absolute Gasteiger partial charge is 0.330 e. The lowest BCUT2D eigenvalue weighted by Gasteiger charge is -2.16. The Labute approximate surface area is 98.9 Å². The molecule has 1 unspecified atom stereocenters. The van der Waals surface area contributed by atoms with Crippen LogP contribution in [0.2, 0.25) is 0 Å². The van der Waals surface area contributed by atoms with E-state index in [1.165, 1.54) is 12.1 Å². The Hall–Kier alpha value is -1.74. The smallest absolute Gasteiger partial charge is 0.129 e. The van der Waals surface area contributed by atoms with Gasteiger partial charge >= 0.3 is 0 Å². The normalized spacial score (nSPS) is 12.4. The maximum atomic E-state index is 13.7. The molecule has 88 valence electrons. The molecule has 0 amide bonds.